The average Bonchev–Trinajstić information content (AvgIpc) is 3.20. The molecule has 0 radical (unpaired) electrons. The maximum atomic E-state index is 14.0. The topological polar surface area (TPSA) is 113 Å². The van der Waals surface area contributed by atoms with Crippen molar-refractivity contribution in [2.24, 2.45) is 5.92 Å². The summed E-state index contributed by atoms with van der Waals surface area (Å²) < 4.78 is 13.8. The van der Waals surface area contributed by atoms with Gasteiger partial charge in [-0.15, -0.1) is 0 Å². The van der Waals surface area contributed by atoms with Crippen molar-refractivity contribution < 1.29 is 29.0 Å². The van der Waals surface area contributed by atoms with Crippen molar-refractivity contribution in [3.63, 3.8) is 0 Å². The number of carboxylic acids is 1. The number of hydrogen-bond acceptors (Lipinski definition) is 7. The van der Waals surface area contributed by atoms with Crippen LogP contribution in [0.5, 0.6) is 0 Å². The van der Waals surface area contributed by atoms with Gasteiger partial charge >= 0.3 is 5.97 Å². The lowest BCUT2D eigenvalue weighted by Gasteiger charge is -2.44. The third-order valence-electron chi connectivity index (χ3n) is 8.87. The van der Waals surface area contributed by atoms with Crippen LogP contribution in [-0.4, -0.2) is 93.4 Å². The van der Waals surface area contributed by atoms with E-state index in [2.05, 4.69) is 10.2 Å². The molecule has 2 atom stereocenters. The van der Waals surface area contributed by atoms with Crippen molar-refractivity contribution >= 4 is 35.2 Å². The van der Waals surface area contributed by atoms with Gasteiger partial charge in [0, 0.05) is 44.4 Å². The summed E-state index contributed by atoms with van der Waals surface area (Å²) in [6, 6.07) is 5.20. The number of aliphatic hydroxyl groups is 1. The first-order chi connectivity index (χ1) is 19.7. The molecular formula is C30H45FN4O5S. The number of aliphatic carboxylic acids is 1. The SMILES string of the molecule is CC(=O)NC(CSCCC(O)N1CN(c2ccc(F)cc2)C2(CCN(CC3CCCCCCC3)CC2)C1=O)C(=O)O. The van der Waals surface area contributed by atoms with E-state index < -0.39 is 29.7 Å². The standard InChI is InChI=1S/C30H45FN4O5S/c1-22(36)32-26(28(38)39)20-41-18-13-27(37)34-21-35(25-11-9-24(31)10-12-25)30(29(34)40)14-16-33(17-15-30)19-23-7-5-3-2-4-6-8-23/h9-12,23,26-27,37H,2-8,13-21H2,1H3,(H,32,36)(H,38,39). The van der Waals surface area contributed by atoms with Crippen LogP contribution >= 0.6 is 11.8 Å². The molecular weight excluding hydrogens is 547 g/mol. The molecule has 1 aliphatic carbocycles. The number of carboxylic acid groups (broad SMARTS) is 1. The number of benzene rings is 1. The first-order valence-corrected chi connectivity index (χ1v) is 16.2. The highest BCUT2D eigenvalue weighted by molar-refractivity contribution is 7.99. The van der Waals surface area contributed by atoms with Crippen molar-refractivity contribution in [3.8, 4) is 0 Å². The summed E-state index contributed by atoms with van der Waals surface area (Å²) >= 11 is 1.31. The van der Waals surface area contributed by atoms with Gasteiger partial charge in [0.2, 0.25) is 5.91 Å². The molecule has 0 aromatic heterocycles. The number of nitrogens with one attached hydrogen (secondary N) is 1. The molecule has 3 N–H and O–H groups in total. The number of piperidine rings is 1. The number of thioether (sulfide) groups is 1. The first-order valence-electron chi connectivity index (χ1n) is 15.0. The van der Waals surface area contributed by atoms with Crippen LogP contribution in [0, 0.1) is 11.7 Å². The minimum atomic E-state index is -1.11. The molecule has 228 valence electrons. The highest BCUT2D eigenvalue weighted by Crippen LogP contribution is 2.41. The second-order valence-corrected chi connectivity index (χ2v) is 12.9. The Morgan fingerprint density at radius 1 is 1.10 bits per heavy atom. The molecule has 2 heterocycles. The molecule has 3 fully saturated rings. The molecule has 1 saturated carbocycles. The fourth-order valence-corrected chi connectivity index (χ4v) is 7.56. The Bertz CT molecular complexity index is 1030. The predicted molar refractivity (Wildman–Crippen MR) is 158 cm³/mol. The van der Waals surface area contributed by atoms with Gasteiger partial charge < -0.3 is 25.3 Å². The van der Waals surface area contributed by atoms with Gasteiger partial charge in [0.15, 0.2) is 0 Å². The fourth-order valence-electron chi connectivity index (χ4n) is 6.56. The van der Waals surface area contributed by atoms with E-state index in [1.807, 2.05) is 4.90 Å². The van der Waals surface area contributed by atoms with E-state index in [1.165, 1.54) is 80.7 Å². The highest BCUT2D eigenvalue weighted by Gasteiger charge is 2.55. The van der Waals surface area contributed by atoms with Gasteiger partial charge in [-0.05, 0) is 61.6 Å². The number of amides is 2. The molecule has 9 nitrogen and oxygen atoms in total. The summed E-state index contributed by atoms with van der Waals surface area (Å²) in [5, 5.41) is 22.8. The van der Waals surface area contributed by atoms with Crippen molar-refractivity contribution in [3.05, 3.63) is 30.1 Å². The van der Waals surface area contributed by atoms with Crippen molar-refractivity contribution in [1.29, 1.82) is 0 Å². The monoisotopic (exact) mass is 592 g/mol. The van der Waals surface area contributed by atoms with Crippen LogP contribution in [0.2, 0.25) is 0 Å². The van der Waals surface area contributed by atoms with Crippen LogP contribution in [-0.2, 0) is 14.4 Å². The third-order valence-corrected chi connectivity index (χ3v) is 9.97. The molecule has 41 heavy (non-hydrogen) atoms. The largest absolute Gasteiger partial charge is 0.480 e. The Morgan fingerprint density at radius 2 is 1.73 bits per heavy atom. The Morgan fingerprint density at radius 3 is 2.34 bits per heavy atom. The van der Waals surface area contributed by atoms with E-state index in [0.29, 0.717) is 24.5 Å². The van der Waals surface area contributed by atoms with Crippen LogP contribution in [0.4, 0.5) is 10.1 Å². The van der Waals surface area contributed by atoms with Crippen molar-refractivity contribution in [2.75, 3.05) is 42.7 Å². The van der Waals surface area contributed by atoms with E-state index in [4.69, 9.17) is 0 Å². The summed E-state index contributed by atoms with van der Waals surface area (Å²) in [6.45, 7) is 4.16. The maximum absolute atomic E-state index is 14.0. The van der Waals surface area contributed by atoms with Gasteiger partial charge in [0.1, 0.15) is 23.6 Å². The molecule has 2 amide bonds. The van der Waals surface area contributed by atoms with Crippen molar-refractivity contribution in [1.82, 2.24) is 15.1 Å². The Balaban J connectivity index is 1.39. The van der Waals surface area contributed by atoms with Crippen LogP contribution in [0.25, 0.3) is 0 Å². The van der Waals surface area contributed by atoms with E-state index >= 15 is 0 Å². The summed E-state index contributed by atoms with van der Waals surface area (Å²) in [5.41, 5.74) is -0.0275. The zero-order chi connectivity index (χ0) is 29.4. The summed E-state index contributed by atoms with van der Waals surface area (Å²) in [6.07, 6.45) is 9.68. The second kappa shape index (κ2) is 14.7. The number of carbonyl (C=O) groups is 3. The molecule has 2 unspecified atom stereocenters. The number of carbonyl (C=O) groups excluding carboxylic acids is 2. The second-order valence-electron chi connectivity index (χ2n) is 11.8. The molecule has 1 aromatic rings. The smallest absolute Gasteiger partial charge is 0.327 e. The molecule has 1 spiro atoms. The third kappa shape index (κ3) is 8.14. The van der Waals surface area contributed by atoms with E-state index in [-0.39, 0.29) is 30.6 Å². The van der Waals surface area contributed by atoms with E-state index in [1.54, 1.807) is 12.1 Å². The van der Waals surface area contributed by atoms with E-state index in [9.17, 15) is 29.0 Å². The van der Waals surface area contributed by atoms with Gasteiger partial charge in [0.25, 0.3) is 5.91 Å². The summed E-state index contributed by atoms with van der Waals surface area (Å²) in [4.78, 5) is 42.7. The zero-order valence-corrected chi connectivity index (χ0v) is 24.9. The minimum Gasteiger partial charge on any atom is -0.480 e. The zero-order valence-electron chi connectivity index (χ0n) is 24.1. The Kier molecular flexibility index (Phi) is 11.3. The van der Waals surface area contributed by atoms with Crippen LogP contribution in [0.3, 0.4) is 0 Å². The molecule has 11 heteroatoms. The number of aliphatic hydroxyl groups excluding tert-OH is 1. The Labute approximate surface area is 246 Å². The van der Waals surface area contributed by atoms with Crippen LogP contribution < -0.4 is 10.2 Å². The number of likely N-dealkylation sites (tertiary alicyclic amines) is 1. The summed E-state index contributed by atoms with van der Waals surface area (Å²) in [7, 11) is 0. The van der Waals surface area contributed by atoms with Crippen LogP contribution in [0.15, 0.2) is 24.3 Å². The number of hydrogen-bond donors (Lipinski definition) is 3. The number of rotatable bonds is 11. The predicted octanol–water partition coefficient (Wildman–Crippen LogP) is 3.66. The maximum Gasteiger partial charge on any atom is 0.327 e. The summed E-state index contributed by atoms with van der Waals surface area (Å²) in [5.74, 6) is -0.672. The minimum absolute atomic E-state index is 0.105. The van der Waals surface area contributed by atoms with Gasteiger partial charge in [-0.1, -0.05) is 32.1 Å². The number of halogens is 1. The lowest BCUT2D eigenvalue weighted by Crippen LogP contribution is -2.57. The van der Waals surface area contributed by atoms with Crippen LogP contribution in [0.1, 0.15) is 71.1 Å². The number of anilines is 1. The molecule has 2 aliphatic heterocycles. The lowest BCUT2D eigenvalue weighted by atomic mass is 9.84. The average molecular weight is 593 g/mol. The lowest BCUT2D eigenvalue weighted by molar-refractivity contribution is -0.142. The molecule has 1 aromatic carbocycles. The molecule has 3 aliphatic rings. The van der Waals surface area contributed by atoms with Gasteiger partial charge in [-0.3, -0.25) is 14.5 Å². The van der Waals surface area contributed by atoms with Gasteiger partial charge in [-0.2, -0.15) is 11.8 Å². The van der Waals surface area contributed by atoms with E-state index in [0.717, 1.165) is 25.3 Å². The molecule has 2 saturated heterocycles. The quantitative estimate of drug-likeness (QED) is 0.334. The molecule has 0 bridgehead atoms. The first kappa shape index (κ1) is 31.6. The normalized spacial score (nSPS) is 21.9. The Hall–Kier alpha value is -2.37. The van der Waals surface area contributed by atoms with Gasteiger partial charge in [-0.25, -0.2) is 9.18 Å². The van der Waals surface area contributed by atoms with Gasteiger partial charge in [0.05, 0.1) is 6.67 Å². The molecule has 4 rings (SSSR count). The number of nitrogens with zero attached hydrogens (tertiary/aromatic N) is 3. The van der Waals surface area contributed by atoms with Crippen molar-refractivity contribution in [2.45, 2.75) is 88.9 Å². The fraction of sp³-hybridized carbons (Fsp3) is 0.700. The highest BCUT2D eigenvalue weighted by atomic mass is 32.2.